The molecule has 2 aromatic rings. The molecular weight excluding hydrogens is 446 g/mol. The molecule has 7 nitrogen and oxygen atoms in total. The highest BCUT2D eigenvalue weighted by atomic mass is 32.2. The van der Waals surface area contributed by atoms with E-state index in [4.69, 9.17) is 4.74 Å². The molecule has 2 rings (SSSR count). The molecule has 0 unspecified atom stereocenters. The van der Waals surface area contributed by atoms with Crippen LogP contribution in [0.15, 0.2) is 42.5 Å². The monoisotopic (exact) mass is 479 g/mol. The quantitative estimate of drug-likeness (QED) is 0.449. The number of hydrogen-bond donors (Lipinski definition) is 3. The Balaban J connectivity index is 1.87. The van der Waals surface area contributed by atoms with E-state index >= 15 is 0 Å². The van der Waals surface area contributed by atoms with Gasteiger partial charge in [0.25, 0.3) is 0 Å². The van der Waals surface area contributed by atoms with E-state index in [0.29, 0.717) is 18.0 Å². The van der Waals surface area contributed by atoms with Crippen molar-refractivity contribution in [2.24, 2.45) is 0 Å². The lowest BCUT2D eigenvalue weighted by Crippen LogP contribution is -2.31. The second kappa shape index (κ2) is 11.0. The summed E-state index contributed by atoms with van der Waals surface area (Å²) in [7, 11) is -3.30. The topological polar surface area (TPSA) is 96.5 Å². The molecule has 0 fully saturated rings. The SMILES string of the molecule is CC(C)Oc1cc(C(C)(C)C)ccc1CNC(=O)NSCc1ccc(NS(C)(=O)=O)cc1. The van der Waals surface area contributed by atoms with Crippen molar-refractivity contribution in [3.63, 3.8) is 0 Å². The van der Waals surface area contributed by atoms with Crippen LogP contribution in [0.4, 0.5) is 10.5 Å². The number of amides is 2. The fraction of sp³-hybridized carbons (Fsp3) is 0.435. The fourth-order valence-electron chi connectivity index (χ4n) is 2.81. The highest BCUT2D eigenvalue weighted by molar-refractivity contribution is 7.97. The molecule has 0 bridgehead atoms. The number of sulfonamides is 1. The molecule has 0 aliphatic rings. The van der Waals surface area contributed by atoms with E-state index < -0.39 is 10.0 Å². The molecule has 0 saturated carbocycles. The van der Waals surface area contributed by atoms with Gasteiger partial charge in [-0.25, -0.2) is 13.2 Å². The number of nitrogens with one attached hydrogen (secondary N) is 3. The Labute approximate surface area is 195 Å². The maximum atomic E-state index is 12.2. The third-order valence-electron chi connectivity index (χ3n) is 4.40. The molecule has 0 atom stereocenters. The first-order valence-corrected chi connectivity index (χ1v) is 13.2. The average molecular weight is 480 g/mol. The van der Waals surface area contributed by atoms with E-state index in [1.165, 1.54) is 17.5 Å². The normalized spacial score (nSPS) is 11.8. The molecule has 9 heteroatoms. The Morgan fingerprint density at radius 1 is 1.09 bits per heavy atom. The molecular formula is C23H33N3O4S2. The summed E-state index contributed by atoms with van der Waals surface area (Å²) in [4.78, 5) is 12.2. The lowest BCUT2D eigenvalue weighted by Gasteiger charge is -2.22. The predicted molar refractivity (Wildman–Crippen MR) is 132 cm³/mol. The highest BCUT2D eigenvalue weighted by Gasteiger charge is 2.17. The zero-order valence-electron chi connectivity index (χ0n) is 19.5. The average Bonchev–Trinajstić information content (AvgIpc) is 2.66. The van der Waals surface area contributed by atoms with Crippen molar-refractivity contribution in [1.29, 1.82) is 0 Å². The second-order valence-electron chi connectivity index (χ2n) is 8.88. The molecule has 0 radical (unpaired) electrons. The minimum Gasteiger partial charge on any atom is -0.491 e. The predicted octanol–water partition coefficient (Wildman–Crippen LogP) is 4.79. The van der Waals surface area contributed by atoms with E-state index in [9.17, 15) is 13.2 Å². The van der Waals surface area contributed by atoms with Crippen molar-refractivity contribution in [2.75, 3.05) is 11.0 Å². The summed E-state index contributed by atoms with van der Waals surface area (Å²) in [5.74, 6) is 1.33. The van der Waals surface area contributed by atoms with Crippen LogP contribution in [0.1, 0.15) is 51.3 Å². The third kappa shape index (κ3) is 9.00. The number of rotatable bonds is 9. The van der Waals surface area contributed by atoms with Gasteiger partial charge in [0.2, 0.25) is 10.0 Å². The van der Waals surface area contributed by atoms with Gasteiger partial charge >= 0.3 is 6.03 Å². The van der Waals surface area contributed by atoms with Gasteiger partial charge < -0.3 is 10.1 Å². The molecule has 3 N–H and O–H groups in total. The van der Waals surface area contributed by atoms with E-state index in [1.54, 1.807) is 12.1 Å². The molecule has 0 saturated heterocycles. The van der Waals surface area contributed by atoms with Crippen LogP contribution in [0.3, 0.4) is 0 Å². The summed E-state index contributed by atoms with van der Waals surface area (Å²) in [5.41, 5.74) is 3.56. The molecule has 176 valence electrons. The van der Waals surface area contributed by atoms with Crippen molar-refractivity contribution in [3.8, 4) is 5.75 Å². The van der Waals surface area contributed by atoms with Gasteiger partial charge in [0.05, 0.1) is 12.4 Å². The molecule has 0 aliphatic carbocycles. The van der Waals surface area contributed by atoms with E-state index in [1.807, 2.05) is 38.1 Å². The molecule has 2 amide bonds. The highest BCUT2D eigenvalue weighted by Crippen LogP contribution is 2.29. The first-order valence-electron chi connectivity index (χ1n) is 10.4. The molecule has 0 spiro atoms. The number of benzene rings is 2. The van der Waals surface area contributed by atoms with Gasteiger partial charge in [-0.05, 0) is 60.5 Å². The first kappa shape index (κ1) is 25.9. The number of carbonyl (C=O) groups is 1. The largest absolute Gasteiger partial charge is 0.491 e. The summed E-state index contributed by atoms with van der Waals surface area (Å²) < 4.78 is 33.7. The third-order valence-corrected chi connectivity index (χ3v) is 5.81. The van der Waals surface area contributed by atoms with Crippen molar-refractivity contribution in [2.45, 2.75) is 58.4 Å². The van der Waals surface area contributed by atoms with Gasteiger partial charge in [0, 0.05) is 23.5 Å². The molecule has 2 aromatic carbocycles. The van der Waals surface area contributed by atoms with Crippen molar-refractivity contribution in [3.05, 3.63) is 59.2 Å². The number of ether oxygens (including phenoxy) is 1. The number of carbonyl (C=O) groups excluding carboxylic acids is 1. The van der Waals surface area contributed by atoms with Gasteiger partial charge in [-0.2, -0.15) is 0 Å². The van der Waals surface area contributed by atoms with Gasteiger partial charge in [0.15, 0.2) is 0 Å². The Morgan fingerprint density at radius 2 is 1.75 bits per heavy atom. The van der Waals surface area contributed by atoms with Crippen LogP contribution in [0.25, 0.3) is 0 Å². The number of hydrogen-bond acceptors (Lipinski definition) is 5. The Bertz CT molecular complexity index is 1010. The maximum Gasteiger partial charge on any atom is 0.325 e. The van der Waals surface area contributed by atoms with Crippen LogP contribution >= 0.6 is 11.9 Å². The van der Waals surface area contributed by atoms with Gasteiger partial charge in [0.1, 0.15) is 5.75 Å². The zero-order valence-corrected chi connectivity index (χ0v) is 21.1. The smallest absolute Gasteiger partial charge is 0.325 e. The first-order chi connectivity index (χ1) is 14.8. The van der Waals surface area contributed by atoms with Gasteiger partial charge in [-0.3, -0.25) is 9.44 Å². The molecule has 32 heavy (non-hydrogen) atoms. The summed E-state index contributed by atoms with van der Waals surface area (Å²) in [6.07, 6.45) is 1.14. The van der Waals surface area contributed by atoms with Crippen LogP contribution < -0.4 is 19.5 Å². The van der Waals surface area contributed by atoms with Crippen molar-refractivity contribution < 1.29 is 17.9 Å². The number of urea groups is 1. The minimum atomic E-state index is -3.30. The van der Waals surface area contributed by atoms with Crippen LogP contribution in [-0.4, -0.2) is 26.8 Å². The summed E-state index contributed by atoms with van der Waals surface area (Å²) in [5, 5.41) is 2.86. The summed E-state index contributed by atoms with van der Waals surface area (Å²) >= 11 is 1.26. The zero-order chi connectivity index (χ0) is 23.9. The van der Waals surface area contributed by atoms with Crippen LogP contribution in [0, 0.1) is 0 Å². The minimum absolute atomic E-state index is 0.00806. The lowest BCUT2D eigenvalue weighted by atomic mass is 9.86. The molecule has 0 aromatic heterocycles. The van der Waals surface area contributed by atoms with Gasteiger partial charge in [-0.1, -0.05) is 45.0 Å². The van der Waals surface area contributed by atoms with Gasteiger partial charge in [-0.15, -0.1) is 0 Å². The molecule has 0 aliphatic heterocycles. The van der Waals surface area contributed by atoms with Crippen LogP contribution in [-0.2, 0) is 27.7 Å². The maximum absolute atomic E-state index is 12.2. The second-order valence-corrected chi connectivity index (χ2v) is 11.4. The van der Waals surface area contributed by atoms with E-state index in [2.05, 4.69) is 41.6 Å². The fourth-order valence-corrected chi connectivity index (χ4v) is 4.01. The van der Waals surface area contributed by atoms with Crippen LogP contribution in [0.5, 0.6) is 5.75 Å². The summed E-state index contributed by atoms with van der Waals surface area (Å²) in [6, 6.07) is 12.8. The summed E-state index contributed by atoms with van der Waals surface area (Å²) in [6.45, 7) is 10.8. The van der Waals surface area contributed by atoms with Crippen molar-refractivity contribution >= 4 is 33.7 Å². The standard InChI is InChI=1S/C23H33N3O4S2/c1-16(2)30-21-13-19(23(3,4)5)10-9-18(21)14-24-22(27)25-31-15-17-7-11-20(12-8-17)26-32(6,28)29/h7-13,16,26H,14-15H2,1-6H3,(H2,24,25,27). The molecule has 0 heterocycles. The van der Waals surface area contributed by atoms with Crippen molar-refractivity contribution in [1.82, 2.24) is 10.0 Å². The Kier molecular flexibility index (Phi) is 8.86. The Morgan fingerprint density at radius 3 is 2.31 bits per heavy atom. The van der Waals surface area contributed by atoms with E-state index in [0.717, 1.165) is 23.1 Å². The van der Waals surface area contributed by atoms with Crippen LogP contribution in [0.2, 0.25) is 0 Å². The lowest BCUT2D eigenvalue weighted by molar-refractivity contribution is 0.237. The Hall–Kier alpha value is -2.39. The van der Waals surface area contributed by atoms with E-state index in [-0.39, 0.29) is 17.6 Å². The number of anilines is 1.